The van der Waals surface area contributed by atoms with Crippen LogP contribution in [-0.4, -0.2) is 18.2 Å². The van der Waals surface area contributed by atoms with Gasteiger partial charge in [0.1, 0.15) is 0 Å². The van der Waals surface area contributed by atoms with Gasteiger partial charge < -0.3 is 5.11 Å². The van der Waals surface area contributed by atoms with E-state index in [4.69, 9.17) is 9.90 Å². The minimum absolute atomic E-state index is 2.07. The van der Waals surface area contributed by atoms with Crippen molar-refractivity contribution in [1.29, 1.82) is 0 Å². The average molecular weight is 93.8 g/mol. The fourth-order valence-corrected chi connectivity index (χ4v) is 0. The van der Waals surface area contributed by atoms with Crippen LogP contribution in [0.2, 0.25) is 0 Å². The first-order valence-electron chi connectivity index (χ1n) is 1.15. The molecule has 0 aromatic heterocycles. The van der Waals surface area contributed by atoms with E-state index in [1.165, 1.54) is 0 Å². The third kappa shape index (κ3) is 1.69. The van der Waals surface area contributed by atoms with Crippen molar-refractivity contribution in [3.63, 3.8) is 0 Å². The Morgan fingerprint density at radius 3 is 1.83 bits per heavy atom. The number of hydrogen-bond acceptors (Lipinski definition) is 1. The molecule has 0 atom stereocenters. The van der Waals surface area contributed by atoms with Crippen LogP contribution in [-0.2, 0) is 0 Å². The summed E-state index contributed by atoms with van der Waals surface area (Å²) in [5.41, 5.74) is 0. The number of hydrogen-bond donors (Lipinski definition) is 1. The molecule has 0 heterocycles. The highest BCUT2D eigenvalue weighted by atomic mass is 19.2. The van der Waals surface area contributed by atoms with Gasteiger partial charge in [-0.3, -0.25) is 13.4 Å². The summed E-state index contributed by atoms with van der Waals surface area (Å²) in [4.78, 5) is 8.95. The summed E-state index contributed by atoms with van der Waals surface area (Å²) in [5.74, 6) is -2.07. The Morgan fingerprint density at radius 1 is 1.67 bits per heavy atom. The smallest absolute Gasteiger partial charge is 0.484 e. The van der Waals surface area contributed by atoms with Crippen molar-refractivity contribution in [2.45, 2.75) is 0 Å². The van der Waals surface area contributed by atoms with E-state index in [1.807, 2.05) is 0 Å². The van der Waals surface area contributed by atoms with Gasteiger partial charge in [-0.15, -0.1) is 0 Å². The first-order chi connectivity index (χ1) is 2.64. The molecule has 1 N–H and O–H groups in total. The molecule has 0 radical (unpaired) electrons. The molecule has 0 saturated heterocycles. The second-order valence-corrected chi connectivity index (χ2v) is 0.639. The fraction of sp³-hybridized carbons (Fsp3) is 0. The van der Waals surface area contributed by atoms with Gasteiger partial charge in [0, 0.05) is 0 Å². The Kier molecular flexibility index (Phi) is 1.56. The van der Waals surface area contributed by atoms with Crippen LogP contribution in [0.15, 0.2) is 0 Å². The van der Waals surface area contributed by atoms with E-state index in [-0.39, 0.29) is 0 Å². The zero-order valence-electron chi connectivity index (χ0n) is 2.69. The SMILES string of the molecule is O=C(O)B(F)F. The Labute approximate surface area is 32.9 Å². The van der Waals surface area contributed by atoms with Crippen LogP contribution in [0.25, 0.3) is 0 Å². The Hall–Kier alpha value is -0.605. The summed E-state index contributed by atoms with van der Waals surface area (Å²) in [7, 11) is -3.23. The van der Waals surface area contributed by atoms with Crippen LogP contribution in [0.4, 0.5) is 13.4 Å². The van der Waals surface area contributed by atoms with Gasteiger partial charge in [0.2, 0.25) is 0 Å². The first-order valence-corrected chi connectivity index (χ1v) is 1.15. The van der Waals surface area contributed by atoms with Gasteiger partial charge in [0.05, 0.1) is 0 Å². The van der Waals surface area contributed by atoms with Crippen molar-refractivity contribution in [3.05, 3.63) is 0 Å². The van der Waals surface area contributed by atoms with Crippen LogP contribution < -0.4 is 0 Å². The molecule has 2 nitrogen and oxygen atoms in total. The molecule has 0 saturated carbocycles. The molecule has 0 unspecified atom stereocenters. The van der Waals surface area contributed by atoms with Gasteiger partial charge in [-0.1, -0.05) is 0 Å². The zero-order chi connectivity index (χ0) is 5.15. The normalized spacial score (nSPS) is 7.67. The lowest BCUT2D eigenvalue weighted by Crippen LogP contribution is -2.10. The van der Waals surface area contributed by atoms with Crippen molar-refractivity contribution in [2.75, 3.05) is 0 Å². The minimum atomic E-state index is -3.23. The predicted molar refractivity (Wildman–Crippen MR) is 16.0 cm³/mol. The molecule has 0 aliphatic heterocycles. The van der Waals surface area contributed by atoms with Gasteiger partial charge in [-0.05, 0) is 0 Å². The van der Waals surface area contributed by atoms with Crippen LogP contribution >= 0.6 is 0 Å². The third-order valence-corrected chi connectivity index (χ3v) is 0.187. The first kappa shape index (κ1) is 5.39. The van der Waals surface area contributed by atoms with E-state index >= 15 is 0 Å². The molecule has 5 heteroatoms. The molecule has 0 aliphatic rings. The molecule has 0 rings (SSSR count). The number of rotatable bonds is 1. The van der Waals surface area contributed by atoms with Crippen molar-refractivity contribution in [3.8, 4) is 0 Å². The molecule has 34 valence electrons. The van der Waals surface area contributed by atoms with E-state index in [0.717, 1.165) is 0 Å². The van der Waals surface area contributed by atoms with Crippen LogP contribution in [0.3, 0.4) is 0 Å². The summed E-state index contributed by atoms with van der Waals surface area (Å²) in [5, 5.41) is 7.24. The summed E-state index contributed by atoms with van der Waals surface area (Å²) >= 11 is 0. The van der Waals surface area contributed by atoms with Gasteiger partial charge in [0.25, 0.3) is 0 Å². The second kappa shape index (κ2) is 1.74. The maximum absolute atomic E-state index is 10.6. The largest absolute Gasteiger partial charge is 0.658 e. The van der Waals surface area contributed by atoms with Gasteiger partial charge in [-0.25, -0.2) is 0 Å². The topological polar surface area (TPSA) is 37.3 Å². The van der Waals surface area contributed by atoms with E-state index in [2.05, 4.69) is 0 Å². The fourth-order valence-electron chi connectivity index (χ4n) is 0. The van der Waals surface area contributed by atoms with Gasteiger partial charge in [-0.2, -0.15) is 0 Å². The summed E-state index contributed by atoms with van der Waals surface area (Å²) in [6.45, 7) is 0. The standard InChI is InChI=1S/CHBF2O2/c3-2(4)1(5)6/h(H,5,6). The molecular formula is CHBF2O2. The molecule has 0 amide bonds. The van der Waals surface area contributed by atoms with E-state index in [1.54, 1.807) is 0 Å². The predicted octanol–water partition coefficient (Wildman–Crippen LogP) is 0.673. The van der Waals surface area contributed by atoms with Crippen molar-refractivity contribution in [2.24, 2.45) is 0 Å². The summed E-state index contributed by atoms with van der Waals surface area (Å²) in [6, 6.07) is 0. The molecule has 0 spiro atoms. The summed E-state index contributed by atoms with van der Waals surface area (Å²) in [6.07, 6.45) is 0. The Bertz CT molecular complexity index is 62.6. The monoisotopic (exact) mass is 94.0 g/mol. The molecule has 0 aromatic rings. The van der Waals surface area contributed by atoms with E-state index < -0.39 is 13.1 Å². The van der Waals surface area contributed by atoms with Gasteiger partial charge >= 0.3 is 13.1 Å². The van der Waals surface area contributed by atoms with Crippen molar-refractivity contribution < 1.29 is 18.5 Å². The Balaban J connectivity index is 3.26. The number of halogens is 2. The molecule has 0 fully saturated rings. The second-order valence-electron chi connectivity index (χ2n) is 0.639. The maximum atomic E-state index is 10.6. The quantitative estimate of drug-likeness (QED) is 0.484. The molecule has 0 aromatic carbocycles. The van der Waals surface area contributed by atoms with E-state index in [0.29, 0.717) is 0 Å². The Morgan fingerprint density at radius 2 is 1.83 bits per heavy atom. The maximum Gasteiger partial charge on any atom is 0.658 e. The average Bonchev–Trinajstić information content (AvgIpc) is 1.36. The zero-order valence-corrected chi connectivity index (χ0v) is 2.69. The lowest BCUT2D eigenvalue weighted by atomic mass is 10.0. The van der Waals surface area contributed by atoms with Crippen LogP contribution in [0.1, 0.15) is 0 Å². The molecular weight excluding hydrogens is 92.8 g/mol. The lowest BCUT2D eigenvalue weighted by Gasteiger charge is -1.75. The van der Waals surface area contributed by atoms with Gasteiger partial charge in [0.15, 0.2) is 0 Å². The van der Waals surface area contributed by atoms with Crippen LogP contribution in [0, 0.1) is 0 Å². The number of carboxylic acid groups (broad SMARTS) is 1. The highest BCUT2D eigenvalue weighted by molar-refractivity contribution is 6.77. The molecule has 6 heavy (non-hydrogen) atoms. The molecule has 0 aliphatic carbocycles. The van der Waals surface area contributed by atoms with Crippen molar-refractivity contribution >= 4 is 13.1 Å². The van der Waals surface area contributed by atoms with Crippen LogP contribution in [0.5, 0.6) is 0 Å². The minimum Gasteiger partial charge on any atom is -0.484 e. The molecule has 0 bridgehead atoms. The highest BCUT2D eigenvalue weighted by Gasteiger charge is 2.22. The third-order valence-electron chi connectivity index (χ3n) is 0.187. The number of carbonyl (C=O) groups is 1. The summed E-state index contributed by atoms with van der Waals surface area (Å²) < 4.78 is 21.1. The lowest BCUT2D eigenvalue weighted by molar-refractivity contribution is 0.214. The highest BCUT2D eigenvalue weighted by Crippen LogP contribution is 1.83. The van der Waals surface area contributed by atoms with E-state index in [9.17, 15) is 8.63 Å². The van der Waals surface area contributed by atoms with Crippen molar-refractivity contribution in [1.82, 2.24) is 0 Å².